The fraction of sp³-hybridized carbons (Fsp3) is 0.0870. The molecule has 2 aromatic carbocycles. The topological polar surface area (TPSA) is 54.3 Å². The number of thiocarbonyl (C=S) groups is 1. The maximum absolute atomic E-state index is 13.2. The summed E-state index contributed by atoms with van der Waals surface area (Å²) in [6.07, 6.45) is -1.61. The molecule has 1 N–H and O–H groups in total. The molecule has 2 amide bonds. The van der Waals surface area contributed by atoms with Crippen LogP contribution in [-0.2, 0) is 15.8 Å². The number of amides is 2. The molecule has 9 heteroatoms. The van der Waals surface area contributed by atoms with Crippen molar-refractivity contribution >= 4 is 40.9 Å². The summed E-state index contributed by atoms with van der Waals surface area (Å²) >= 11 is 5.19. The normalized spacial score (nSPS) is 15.9. The third-order valence-corrected chi connectivity index (χ3v) is 5.17. The van der Waals surface area contributed by atoms with Crippen LogP contribution < -0.4 is 10.2 Å². The molecule has 0 unspecified atom stereocenters. The molecule has 5 nitrogen and oxygen atoms in total. The van der Waals surface area contributed by atoms with Crippen molar-refractivity contribution in [3.63, 3.8) is 0 Å². The number of alkyl halides is 3. The van der Waals surface area contributed by atoms with E-state index in [0.717, 1.165) is 17.7 Å². The molecule has 4 rings (SSSR count). The van der Waals surface area contributed by atoms with E-state index >= 15 is 0 Å². The highest BCUT2D eigenvalue weighted by Gasteiger charge is 2.35. The molecule has 2 heterocycles. The standard InChI is InChI=1S/C23H16F3N3O2S/c1-14-5-2-8-18(11-14)29-21(31)19(20(30)27-22(29)32)13-17-9-4-10-28(17)16-7-3-6-15(12-16)23(24,25)26/h2-13H,1H3,(H,27,30,32). The van der Waals surface area contributed by atoms with Gasteiger partial charge in [0.25, 0.3) is 11.8 Å². The van der Waals surface area contributed by atoms with Crippen LogP contribution in [0.25, 0.3) is 11.8 Å². The molecule has 1 aliphatic heterocycles. The highest BCUT2D eigenvalue weighted by molar-refractivity contribution is 7.80. The zero-order valence-corrected chi connectivity index (χ0v) is 17.5. The van der Waals surface area contributed by atoms with Crippen LogP contribution in [0.3, 0.4) is 0 Å². The largest absolute Gasteiger partial charge is 0.416 e. The summed E-state index contributed by atoms with van der Waals surface area (Å²) in [7, 11) is 0. The molecule has 1 fully saturated rings. The fourth-order valence-electron chi connectivity index (χ4n) is 3.39. The first-order chi connectivity index (χ1) is 15.1. The summed E-state index contributed by atoms with van der Waals surface area (Å²) in [5, 5.41) is 2.45. The molecular formula is C23H16F3N3O2S. The molecule has 1 saturated heterocycles. The van der Waals surface area contributed by atoms with E-state index in [0.29, 0.717) is 11.4 Å². The second-order valence-corrected chi connectivity index (χ2v) is 7.53. The lowest BCUT2D eigenvalue weighted by Gasteiger charge is -2.29. The Bertz CT molecular complexity index is 1280. The van der Waals surface area contributed by atoms with Gasteiger partial charge in [-0.15, -0.1) is 0 Å². The Hall–Kier alpha value is -3.72. The van der Waals surface area contributed by atoms with Gasteiger partial charge >= 0.3 is 6.18 Å². The number of anilines is 1. The van der Waals surface area contributed by atoms with Crippen LogP contribution in [0.4, 0.5) is 18.9 Å². The van der Waals surface area contributed by atoms with Gasteiger partial charge in [0.1, 0.15) is 5.57 Å². The van der Waals surface area contributed by atoms with Gasteiger partial charge in [-0.2, -0.15) is 13.2 Å². The van der Waals surface area contributed by atoms with Crippen LogP contribution in [0, 0.1) is 6.92 Å². The molecule has 1 aliphatic rings. The van der Waals surface area contributed by atoms with Gasteiger partial charge in [-0.25, -0.2) is 0 Å². The molecule has 0 atom stereocenters. The van der Waals surface area contributed by atoms with Crippen LogP contribution in [0.1, 0.15) is 16.8 Å². The number of nitrogens with zero attached hydrogens (tertiary/aromatic N) is 2. The lowest BCUT2D eigenvalue weighted by atomic mass is 10.1. The van der Waals surface area contributed by atoms with E-state index in [9.17, 15) is 22.8 Å². The minimum absolute atomic E-state index is 0.0454. The Kier molecular flexibility index (Phi) is 5.43. The number of carbonyl (C=O) groups excluding carboxylic acids is 2. The first-order valence-electron chi connectivity index (χ1n) is 9.48. The Morgan fingerprint density at radius 2 is 1.69 bits per heavy atom. The van der Waals surface area contributed by atoms with Crippen LogP contribution >= 0.6 is 12.2 Å². The summed E-state index contributed by atoms with van der Waals surface area (Å²) in [5.41, 5.74) is 1.01. The Balaban J connectivity index is 1.75. The maximum Gasteiger partial charge on any atom is 0.416 e. The monoisotopic (exact) mass is 455 g/mol. The van der Waals surface area contributed by atoms with E-state index in [1.54, 1.807) is 36.5 Å². The number of halogens is 3. The molecule has 3 aromatic rings. The third-order valence-electron chi connectivity index (χ3n) is 4.89. The van der Waals surface area contributed by atoms with Crippen LogP contribution in [0.2, 0.25) is 0 Å². The van der Waals surface area contributed by atoms with Gasteiger partial charge < -0.3 is 4.57 Å². The number of nitrogens with one attached hydrogen (secondary N) is 1. The second-order valence-electron chi connectivity index (χ2n) is 7.15. The zero-order chi connectivity index (χ0) is 23.0. The van der Waals surface area contributed by atoms with Gasteiger partial charge in [-0.3, -0.25) is 19.8 Å². The van der Waals surface area contributed by atoms with E-state index < -0.39 is 23.6 Å². The van der Waals surface area contributed by atoms with Gasteiger partial charge in [0, 0.05) is 17.6 Å². The van der Waals surface area contributed by atoms with E-state index in [2.05, 4.69) is 5.32 Å². The Morgan fingerprint density at radius 1 is 0.969 bits per heavy atom. The first kappa shape index (κ1) is 21.5. The molecule has 0 saturated carbocycles. The van der Waals surface area contributed by atoms with Gasteiger partial charge in [0.05, 0.1) is 11.3 Å². The Morgan fingerprint density at radius 3 is 2.41 bits per heavy atom. The highest BCUT2D eigenvalue weighted by atomic mass is 32.1. The number of carbonyl (C=O) groups is 2. The van der Waals surface area contributed by atoms with E-state index in [1.165, 1.54) is 27.7 Å². The molecule has 1 aromatic heterocycles. The SMILES string of the molecule is Cc1cccc(N2C(=O)C(=Cc3cccn3-c3cccc(C(F)(F)F)c3)C(=O)NC2=S)c1. The minimum Gasteiger partial charge on any atom is -0.317 e. The quantitative estimate of drug-likeness (QED) is 0.356. The number of aryl methyl sites for hydroxylation is 1. The number of rotatable bonds is 3. The minimum atomic E-state index is -4.50. The van der Waals surface area contributed by atoms with Crippen LogP contribution in [0.15, 0.2) is 72.4 Å². The average molecular weight is 455 g/mol. The molecule has 162 valence electrons. The van der Waals surface area contributed by atoms with E-state index in [1.807, 2.05) is 13.0 Å². The van der Waals surface area contributed by atoms with Crippen molar-refractivity contribution < 1.29 is 22.8 Å². The van der Waals surface area contributed by atoms with Gasteiger partial charge in [0.2, 0.25) is 0 Å². The van der Waals surface area contributed by atoms with Gasteiger partial charge in [-0.1, -0.05) is 18.2 Å². The number of benzene rings is 2. The number of hydrogen-bond acceptors (Lipinski definition) is 3. The van der Waals surface area contributed by atoms with Crippen molar-refractivity contribution in [3.8, 4) is 5.69 Å². The predicted octanol–water partition coefficient (Wildman–Crippen LogP) is 4.64. The zero-order valence-electron chi connectivity index (χ0n) is 16.7. The molecule has 0 aliphatic carbocycles. The fourth-order valence-corrected chi connectivity index (χ4v) is 3.67. The van der Waals surface area contributed by atoms with Crippen molar-refractivity contribution in [3.05, 3.63) is 89.3 Å². The van der Waals surface area contributed by atoms with Crippen molar-refractivity contribution in [1.82, 2.24) is 9.88 Å². The first-order valence-corrected chi connectivity index (χ1v) is 9.89. The summed E-state index contributed by atoms with van der Waals surface area (Å²) in [6, 6.07) is 15.1. The lowest BCUT2D eigenvalue weighted by molar-refractivity contribution is -0.137. The number of hydrogen-bond donors (Lipinski definition) is 1. The predicted molar refractivity (Wildman–Crippen MR) is 118 cm³/mol. The summed E-state index contributed by atoms with van der Waals surface area (Å²) < 4.78 is 40.8. The Labute approximate surface area is 186 Å². The van der Waals surface area contributed by atoms with Crippen LogP contribution in [0.5, 0.6) is 0 Å². The molecule has 0 radical (unpaired) electrons. The summed E-state index contributed by atoms with van der Waals surface area (Å²) in [5.74, 6) is -1.30. The van der Waals surface area contributed by atoms with Crippen molar-refractivity contribution in [2.45, 2.75) is 13.1 Å². The maximum atomic E-state index is 13.2. The lowest BCUT2D eigenvalue weighted by Crippen LogP contribution is -2.54. The molecule has 32 heavy (non-hydrogen) atoms. The van der Waals surface area contributed by atoms with Crippen molar-refractivity contribution in [1.29, 1.82) is 0 Å². The van der Waals surface area contributed by atoms with Gasteiger partial charge in [-0.05, 0) is 73.2 Å². The summed E-state index contributed by atoms with van der Waals surface area (Å²) in [6.45, 7) is 1.86. The van der Waals surface area contributed by atoms with E-state index in [4.69, 9.17) is 12.2 Å². The highest BCUT2D eigenvalue weighted by Crippen LogP contribution is 2.31. The summed E-state index contributed by atoms with van der Waals surface area (Å²) in [4.78, 5) is 26.9. The van der Waals surface area contributed by atoms with Crippen LogP contribution in [-0.4, -0.2) is 21.5 Å². The second kappa shape index (κ2) is 8.08. The smallest absolute Gasteiger partial charge is 0.317 e. The molecule has 0 spiro atoms. The molecular weight excluding hydrogens is 439 g/mol. The van der Waals surface area contributed by atoms with Gasteiger partial charge in [0.15, 0.2) is 5.11 Å². The van der Waals surface area contributed by atoms with E-state index in [-0.39, 0.29) is 16.4 Å². The van der Waals surface area contributed by atoms with Crippen molar-refractivity contribution in [2.75, 3.05) is 4.90 Å². The van der Waals surface area contributed by atoms with Crippen molar-refractivity contribution in [2.24, 2.45) is 0 Å². The third kappa shape index (κ3) is 4.06. The number of aromatic nitrogens is 1. The molecule has 0 bridgehead atoms. The average Bonchev–Trinajstić information content (AvgIpc) is 3.19.